The highest BCUT2D eigenvalue weighted by atomic mass is 79.9. The Bertz CT molecular complexity index is 1290. The third-order valence-corrected chi connectivity index (χ3v) is 8.66. The van der Waals surface area contributed by atoms with E-state index in [0.717, 1.165) is 5.56 Å². The molecule has 0 amide bonds. The van der Waals surface area contributed by atoms with E-state index in [-0.39, 0.29) is 19.6 Å². The summed E-state index contributed by atoms with van der Waals surface area (Å²) in [5.74, 6) is 0. The van der Waals surface area contributed by atoms with Crippen LogP contribution in [0.4, 0.5) is 18.9 Å². The highest BCUT2D eigenvalue weighted by Crippen LogP contribution is 2.36. The molecule has 0 bridgehead atoms. The highest BCUT2D eigenvalue weighted by molar-refractivity contribution is 9.10. The number of pyridine rings is 1. The first kappa shape index (κ1) is 25.9. The van der Waals surface area contributed by atoms with E-state index in [2.05, 4.69) is 20.9 Å². The molecule has 0 aliphatic carbocycles. The fraction of sp³-hybridized carbons (Fsp3) is 0.292. The zero-order valence-corrected chi connectivity index (χ0v) is 21.6. The van der Waals surface area contributed by atoms with Gasteiger partial charge in [-0.3, -0.25) is 4.98 Å². The van der Waals surface area contributed by atoms with E-state index < -0.39 is 21.6 Å². The maximum Gasteiger partial charge on any atom is 0.511 e. The standard InChI is InChI=1S/C24H22BrClF3N3O2S/c25-21-13-30-19(12-22(21)26)15-32-20(11-10-17-6-2-1-3-7-17)16-31(35(33,34)24(27,28)29)14-18-8-4-5-9-23(18)32/h1-9,12-13,20H,10-11,14-16H2. The van der Waals surface area contributed by atoms with E-state index in [4.69, 9.17) is 11.6 Å². The molecular weight excluding hydrogens is 567 g/mol. The van der Waals surface area contributed by atoms with Gasteiger partial charge in [-0.15, -0.1) is 0 Å². The van der Waals surface area contributed by atoms with Crippen molar-refractivity contribution in [1.82, 2.24) is 9.29 Å². The van der Waals surface area contributed by atoms with Crippen LogP contribution in [0.15, 0.2) is 71.3 Å². The van der Waals surface area contributed by atoms with Crippen molar-refractivity contribution in [2.75, 3.05) is 11.4 Å². The SMILES string of the molecule is O=S(=O)(N1Cc2ccccc2N(Cc2cc(Cl)c(Br)cn2)C(CCc2ccccc2)C1)C(F)(F)F. The Morgan fingerprint density at radius 1 is 1.09 bits per heavy atom. The fourth-order valence-electron chi connectivity index (χ4n) is 4.19. The number of alkyl halides is 3. The summed E-state index contributed by atoms with van der Waals surface area (Å²) in [6.45, 7) is -0.429. The van der Waals surface area contributed by atoms with Crippen molar-refractivity contribution in [2.24, 2.45) is 0 Å². The Labute approximate surface area is 215 Å². The van der Waals surface area contributed by atoms with Crippen molar-refractivity contribution in [1.29, 1.82) is 0 Å². The van der Waals surface area contributed by atoms with Gasteiger partial charge in [-0.25, -0.2) is 8.42 Å². The number of hydrogen-bond donors (Lipinski definition) is 0. The van der Waals surface area contributed by atoms with Crippen molar-refractivity contribution >= 4 is 43.2 Å². The molecule has 5 nitrogen and oxygen atoms in total. The van der Waals surface area contributed by atoms with E-state index in [1.54, 1.807) is 36.5 Å². The summed E-state index contributed by atoms with van der Waals surface area (Å²) in [4.78, 5) is 6.35. The number of aromatic nitrogens is 1. The number of sulfonamides is 1. The predicted octanol–water partition coefficient (Wildman–Crippen LogP) is 6.17. The van der Waals surface area contributed by atoms with Crippen LogP contribution in [0.1, 0.15) is 23.2 Å². The molecule has 11 heteroatoms. The minimum Gasteiger partial charge on any atom is -0.361 e. The van der Waals surface area contributed by atoms with Crippen LogP contribution in [0.25, 0.3) is 0 Å². The lowest BCUT2D eigenvalue weighted by atomic mass is 10.0. The molecule has 1 aromatic heterocycles. The van der Waals surface area contributed by atoms with Crippen molar-refractivity contribution in [3.05, 3.63) is 93.2 Å². The number of halogens is 5. The number of para-hydroxylation sites is 1. The van der Waals surface area contributed by atoms with E-state index in [1.165, 1.54) is 0 Å². The Morgan fingerprint density at radius 3 is 2.46 bits per heavy atom. The van der Waals surface area contributed by atoms with E-state index in [1.807, 2.05) is 35.2 Å². The Kier molecular flexibility index (Phi) is 7.75. The zero-order chi connectivity index (χ0) is 25.2. The van der Waals surface area contributed by atoms with Gasteiger partial charge >= 0.3 is 15.5 Å². The van der Waals surface area contributed by atoms with Crippen LogP contribution in [0.3, 0.4) is 0 Å². The van der Waals surface area contributed by atoms with Gasteiger partial charge in [0.25, 0.3) is 0 Å². The average molecular weight is 589 g/mol. The highest BCUT2D eigenvalue weighted by Gasteiger charge is 2.51. The molecule has 1 atom stereocenters. The molecule has 1 unspecified atom stereocenters. The molecule has 2 aromatic carbocycles. The van der Waals surface area contributed by atoms with Crippen LogP contribution in [-0.4, -0.2) is 35.8 Å². The predicted molar refractivity (Wildman–Crippen MR) is 134 cm³/mol. The average Bonchev–Trinajstić information content (AvgIpc) is 2.97. The maximum absolute atomic E-state index is 13.6. The van der Waals surface area contributed by atoms with Gasteiger partial charge in [-0.1, -0.05) is 60.1 Å². The molecule has 1 aliphatic rings. The van der Waals surface area contributed by atoms with Crippen LogP contribution in [0.5, 0.6) is 0 Å². The molecule has 0 saturated carbocycles. The lowest BCUT2D eigenvalue weighted by molar-refractivity contribution is -0.0492. The minimum absolute atomic E-state index is 0.253. The molecule has 0 radical (unpaired) electrons. The summed E-state index contributed by atoms with van der Waals surface area (Å²) in [6.07, 6.45) is 2.58. The Balaban J connectivity index is 1.76. The van der Waals surface area contributed by atoms with Crippen molar-refractivity contribution < 1.29 is 21.6 Å². The van der Waals surface area contributed by atoms with Crippen LogP contribution in [0, 0.1) is 0 Å². The van der Waals surface area contributed by atoms with Gasteiger partial charge in [0.2, 0.25) is 0 Å². The first-order valence-corrected chi connectivity index (χ1v) is 13.4. The molecule has 1 aliphatic heterocycles. The van der Waals surface area contributed by atoms with Gasteiger partial charge in [-0.05, 0) is 52.0 Å². The lowest BCUT2D eigenvalue weighted by Crippen LogP contribution is -2.47. The van der Waals surface area contributed by atoms with Crippen molar-refractivity contribution in [3.8, 4) is 0 Å². The smallest absolute Gasteiger partial charge is 0.361 e. The number of nitrogens with zero attached hydrogens (tertiary/aromatic N) is 3. The second kappa shape index (κ2) is 10.5. The molecule has 0 fully saturated rings. The molecule has 3 aromatic rings. The molecule has 186 valence electrons. The summed E-state index contributed by atoms with van der Waals surface area (Å²) in [7, 11) is -5.53. The molecule has 0 saturated heterocycles. The number of rotatable bonds is 6. The summed E-state index contributed by atoms with van der Waals surface area (Å²) in [6, 6.07) is 17.6. The topological polar surface area (TPSA) is 53.5 Å². The zero-order valence-electron chi connectivity index (χ0n) is 18.4. The molecule has 35 heavy (non-hydrogen) atoms. The summed E-state index contributed by atoms with van der Waals surface area (Å²) < 4.78 is 66.8. The second-order valence-electron chi connectivity index (χ2n) is 8.27. The largest absolute Gasteiger partial charge is 0.511 e. The van der Waals surface area contributed by atoms with Gasteiger partial charge < -0.3 is 4.90 Å². The number of aryl methyl sites for hydroxylation is 1. The van der Waals surface area contributed by atoms with Crippen molar-refractivity contribution in [3.63, 3.8) is 0 Å². The van der Waals surface area contributed by atoms with Crippen molar-refractivity contribution in [2.45, 2.75) is 37.5 Å². The first-order chi connectivity index (χ1) is 16.6. The maximum atomic E-state index is 13.6. The fourth-order valence-corrected chi connectivity index (χ4v) is 5.55. The van der Waals surface area contributed by atoms with E-state index >= 15 is 0 Å². The van der Waals surface area contributed by atoms with Crippen LogP contribution in [0.2, 0.25) is 5.02 Å². The third-order valence-electron chi connectivity index (χ3n) is 5.94. The number of hydrogen-bond acceptors (Lipinski definition) is 4. The van der Waals surface area contributed by atoms with Gasteiger partial charge in [0.15, 0.2) is 0 Å². The number of benzene rings is 2. The molecule has 2 heterocycles. The summed E-state index contributed by atoms with van der Waals surface area (Å²) in [5, 5.41) is 0.459. The molecule has 0 spiro atoms. The van der Waals surface area contributed by atoms with Crippen LogP contribution >= 0.6 is 27.5 Å². The summed E-state index contributed by atoms with van der Waals surface area (Å²) in [5.41, 5.74) is -2.59. The molecular formula is C24H22BrClF3N3O2S. The monoisotopic (exact) mass is 587 g/mol. The van der Waals surface area contributed by atoms with Crippen LogP contribution < -0.4 is 4.90 Å². The quantitative estimate of drug-likeness (QED) is 0.346. The van der Waals surface area contributed by atoms with E-state index in [9.17, 15) is 21.6 Å². The van der Waals surface area contributed by atoms with Gasteiger partial charge in [0.05, 0.1) is 21.7 Å². The van der Waals surface area contributed by atoms with Gasteiger partial charge in [0, 0.05) is 31.0 Å². The molecule has 4 rings (SSSR count). The molecule has 0 N–H and O–H groups in total. The van der Waals surface area contributed by atoms with Gasteiger partial charge in [0.1, 0.15) is 0 Å². The Morgan fingerprint density at radius 2 is 1.77 bits per heavy atom. The number of fused-ring (bicyclic) bond motifs is 1. The van der Waals surface area contributed by atoms with Gasteiger partial charge in [-0.2, -0.15) is 17.5 Å². The van der Waals surface area contributed by atoms with Crippen LogP contribution in [-0.2, 0) is 29.5 Å². The normalized spacial score (nSPS) is 17.2. The summed E-state index contributed by atoms with van der Waals surface area (Å²) >= 11 is 9.57. The first-order valence-electron chi connectivity index (χ1n) is 10.8. The number of anilines is 1. The lowest BCUT2D eigenvalue weighted by Gasteiger charge is -2.34. The Hall–Kier alpha value is -2.14. The third kappa shape index (κ3) is 5.82. The second-order valence-corrected chi connectivity index (χ2v) is 11.5. The minimum atomic E-state index is -5.53. The van der Waals surface area contributed by atoms with E-state index in [0.29, 0.717) is 43.6 Å².